The number of hydrogen-bond acceptors (Lipinski definition) is 4. The van der Waals surface area contributed by atoms with Crippen molar-refractivity contribution in [1.29, 1.82) is 0 Å². The molecule has 0 fully saturated rings. The number of carboxylic acids is 1. The van der Waals surface area contributed by atoms with Crippen molar-refractivity contribution in [2.24, 2.45) is 0 Å². The summed E-state index contributed by atoms with van der Waals surface area (Å²) in [5.74, 6) is -1.97. The van der Waals surface area contributed by atoms with Crippen LogP contribution in [-0.4, -0.2) is 23.0 Å². The first kappa shape index (κ1) is 14.8. The van der Waals surface area contributed by atoms with Crippen LogP contribution in [0, 0.1) is 0 Å². The number of Topliss-reactive ketones (excluding diaryl/α,β-unsaturated/α-hetero) is 1. The Morgan fingerprint density at radius 3 is 2.55 bits per heavy atom. The van der Waals surface area contributed by atoms with Crippen LogP contribution in [0.5, 0.6) is 5.75 Å². The van der Waals surface area contributed by atoms with Gasteiger partial charge in [0.15, 0.2) is 0 Å². The van der Waals surface area contributed by atoms with Crippen LogP contribution in [0.4, 0.5) is 0 Å². The Labute approximate surface area is 128 Å². The Hall–Kier alpha value is -1.56. The molecular formula is C13H8Cl2O4S. The molecule has 1 aromatic heterocycles. The van der Waals surface area contributed by atoms with Gasteiger partial charge in [-0.25, -0.2) is 4.79 Å². The largest absolute Gasteiger partial charge is 0.478 e. The Kier molecular flexibility index (Phi) is 4.65. The zero-order valence-electron chi connectivity index (χ0n) is 9.88. The first-order valence-electron chi connectivity index (χ1n) is 5.42. The molecule has 20 heavy (non-hydrogen) atoms. The van der Waals surface area contributed by atoms with Gasteiger partial charge in [-0.15, -0.1) is 11.3 Å². The number of ketones is 1. The van der Waals surface area contributed by atoms with Gasteiger partial charge in [0.2, 0.25) is 5.78 Å². The molecule has 4 nitrogen and oxygen atoms in total. The maximum absolute atomic E-state index is 12.1. The lowest BCUT2D eigenvalue weighted by Crippen LogP contribution is -2.35. The van der Waals surface area contributed by atoms with E-state index < -0.39 is 17.9 Å². The van der Waals surface area contributed by atoms with Gasteiger partial charge in [-0.05, 0) is 23.6 Å². The van der Waals surface area contributed by atoms with Gasteiger partial charge in [0.25, 0.3) is 6.10 Å². The molecule has 0 aliphatic carbocycles. The Morgan fingerprint density at radius 1 is 1.20 bits per heavy atom. The number of rotatable bonds is 5. The molecule has 0 spiro atoms. The van der Waals surface area contributed by atoms with E-state index in [1.807, 2.05) is 0 Å². The van der Waals surface area contributed by atoms with Gasteiger partial charge in [-0.2, -0.15) is 0 Å². The molecule has 2 aromatic rings. The average Bonchev–Trinajstić information content (AvgIpc) is 2.93. The van der Waals surface area contributed by atoms with Gasteiger partial charge in [0.05, 0.1) is 9.90 Å². The summed E-state index contributed by atoms with van der Waals surface area (Å²) in [6, 6.07) is 7.73. The van der Waals surface area contributed by atoms with E-state index in [-0.39, 0.29) is 15.8 Å². The summed E-state index contributed by atoms with van der Waals surface area (Å²) in [5, 5.41) is 11.1. The molecule has 1 N–H and O–H groups in total. The molecule has 0 radical (unpaired) electrons. The van der Waals surface area contributed by atoms with Crippen molar-refractivity contribution in [3.63, 3.8) is 0 Å². The van der Waals surface area contributed by atoms with Crippen LogP contribution in [0.3, 0.4) is 0 Å². The number of ether oxygens (including phenoxy) is 1. The summed E-state index contributed by atoms with van der Waals surface area (Å²) in [4.78, 5) is 23.6. The second-order valence-electron chi connectivity index (χ2n) is 3.73. The number of aliphatic carboxylic acids is 1. The van der Waals surface area contributed by atoms with Crippen molar-refractivity contribution < 1.29 is 19.4 Å². The SMILES string of the molecule is O=C(O)C(Oc1cccc(Cl)c1Cl)C(=O)c1cccs1. The smallest absolute Gasteiger partial charge is 0.353 e. The summed E-state index contributed by atoms with van der Waals surface area (Å²) in [5.41, 5.74) is 0. The van der Waals surface area contributed by atoms with Gasteiger partial charge >= 0.3 is 5.97 Å². The van der Waals surface area contributed by atoms with Crippen molar-refractivity contribution in [1.82, 2.24) is 0 Å². The molecule has 0 amide bonds. The highest BCUT2D eigenvalue weighted by Gasteiger charge is 2.31. The maximum atomic E-state index is 12.1. The van der Waals surface area contributed by atoms with E-state index in [4.69, 9.17) is 33.0 Å². The average molecular weight is 331 g/mol. The molecule has 1 unspecified atom stereocenters. The highest BCUT2D eigenvalue weighted by atomic mass is 35.5. The maximum Gasteiger partial charge on any atom is 0.353 e. The van der Waals surface area contributed by atoms with Crippen molar-refractivity contribution in [3.05, 3.63) is 50.6 Å². The van der Waals surface area contributed by atoms with Crippen molar-refractivity contribution >= 4 is 46.3 Å². The van der Waals surface area contributed by atoms with E-state index in [2.05, 4.69) is 0 Å². The second kappa shape index (κ2) is 6.26. The molecule has 104 valence electrons. The lowest BCUT2D eigenvalue weighted by atomic mass is 10.2. The third kappa shape index (κ3) is 3.12. The van der Waals surface area contributed by atoms with E-state index in [0.717, 1.165) is 11.3 Å². The topological polar surface area (TPSA) is 63.6 Å². The molecule has 0 saturated carbocycles. The Balaban J connectivity index is 2.29. The summed E-state index contributed by atoms with van der Waals surface area (Å²) in [6.45, 7) is 0. The first-order valence-corrected chi connectivity index (χ1v) is 7.05. The monoisotopic (exact) mass is 330 g/mol. The van der Waals surface area contributed by atoms with Crippen LogP contribution in [0.25, 0.3) is 0 Å². The predicted molar refractivity (Wildman–Crippen MR) is 77.2 cm³/mol. The van der Waals surface area contributed by atoms with E-state index in [9.17, 15) is 9.59 Å². The molecule has 1 aromatic carbocycles. The standard InChI is InChI=1S/C13H8Cl2O4S/c14-7-3-1-4-8(10(7)15)19-12(13(17)18)11(16)9-5-2-6-20-9/h1-6,12H,(H,17,18). The van der Waals surface area contributed by atoms with Crippen molar-refractivity contribution in [3.8, 4) is 5.75 Å². The van der Waals surface area contributed by atoms with Gasteiger partial charge in [0.1, 0.15) is 10.8 Å². The summed E-state index contributed by atoms with van der Waals surface area (Å²) in [7, 11) is 0. The fourth-order valence-corrected chi connectivity index (χ4v) is 2.49. The molecule has 0 aliphatic rings. The van der Waals surface area contributed by atoms with E-state index in [0.29, 0.717) is 4.88 Å². The molecule has 0 saturated heterocycles. The van der Waals surface area contributed by atoms with E-state index >= 15 is 0 Å². The van der Waals surface area contributed by atoms with Crippen molar-refractivity contribution in [2.45, 2.75) is 6.10 Å². The van der Waals surface area contributed by atoms with Crippen molar-refractivity contribution in [2.75, 3.05) is 0 Å². The number of thiophene rings is 1. The van der Waals surface area contributed by atoms with Gasteiger partial charge in [0, 0.05) is 0 Å². The predicted octanol–water partition coefficient (Wildman–Crippen LogP) is 3.77. The third-order valence-corrected chi connectivity index (χ3v) is 4.07. The fourth-order valence-electron chi connectivity index (χ4n) is 1.47. The fraction of sp³-hybridized carbons (Fsp3) is 0.0769. The molecule has 1 atom stereocenters. The van der Waals surface area contributed by atoms with E-state index in [1.54, 1.807) is 17.5 Å². The summed E-state index contributed by atoms with van der Waals surface area (Å²) in [6.07, 6.45) is -1.66. The summed E-state index contributed by atoms with van der Waals surface area (Å²) >= 11 is 12.9. The zero-order chi connectivity index (χ0) is 14.7. The number of carboxylic acid groups (broad SMARTS) is 1. The number of benzene rings is 1. The minimum absolute atomic E-state index is 0.0523. The summed E-state index contributed by atoms with van der Waals surface area (Å²) < 4.78 is 5.21. The minimum Gasteiger partial charge on any atom is -0.478 e. The third-order valence-electron chi connectivity index (χ3n) is 2.39. The molecule has 0 bridgehead atoms. The van der Waals surface area contributed by atoms with Gasteiger partial charge in [-0.3, -0.25) is 4.79 Å². The van der Waals surface area contributed by atoms with Gasteiger partial charge in [-0.1, -0.05) is 35.3 Å². The Morgan fingerprint density at radius 2 is 1.95 bits per heavy atom. The zero-order valence-corrected chi connectivity index (χ0v) is 12.2. The van der Waals surface area contributed by atoms with Crippen LogP contribution in [0.2, 0.25) is 10.0 Å². The van der Waals surface area contributed by atoms with Crippen LogP contribution >= 0.6 is 34.5 Å². The van der Waals surface area contributed by atoms with Crippen LogP contribution in [-0.2, 0) is 4.79 Å². The quantitative estimate of drug-likeness (QED) is 0.669. The van der Waals surface area contributed by atoms with Crippen LogP contribution in [0.1, 0.15) is 9.67 Å². The van der Waals surface area contributed by atoms with Crippen LogP contribution in [0.15, 0.2) is 35.7 Å². The molecule has 0 aliphatic heterocycles. The first-order chi connectivity index (χ1) is 9.50. The lowest BCUT2D eigenvalue weighted by molar-refractivity contribution is -0.142. The lowest BCUT2D eigenvalue weighted by Gasteiger charge is -2.14. The number of hydrogen-bond donors (Lipinski definition) is 1. The second-order valence-corrected chi connectivity index (χ2v) is 5.46. The van der Waals surface area contributed by atoms with E-state index in [1.165, 1.54) is 18.2 Å². The molecular weight excluding hydrogens is 323 g/mol. The highest BCUT2D eigenvalue weighted by Crippen LogP contribution is 2.32. The molecule has 7 heteroatoms. The minimum atomic E-state index is -1.66. The normalized spacial score (nSPS) is 11.9. The highest BCUT2D eigenvalue weighted by molar-refractivity contribution is 7.12. The van der Waals surface area contributed by atoms with Gasteiger partial charge < -0.3 is 9.84 Å². The number of carbonyl (C=O) groups is 2. The molecule has 1 heterocycles. The molecule has 2 rings (SSSR count). The number of carbonyl (C=O) groups excluding carboxylic acids is 1. The Bertz CT molecular complexity index is 640. The number of halogens is 2. The van der Waals surface area contributed by atoms with Crippen LogP contribution < -0.4 is 4.74 Å².